The second-order valence-electron chi connectivity index (χ2n) is 3.23. The molecule has 86 valence electrons. The molecule has 1 rings (SSSR count). The van der Waals surface area contributed by atoms with Crippen molar-refractivity contribution in [1.82, 2.24) is 0 Å². The molecule has 0 saturated carbocycles. The molecule has 1 aromatic carbocycles. The lowest BCUT2D eigenvalue weighted by Gasteiger charge is -2.08. The Balaban J connectivity index is 2.97. The molecule has 5 nitrogen and oxygen atoms in total. The van der Waals surface area contributed by atoms with Crippen LogP contribution in [0.15, 0.2) is 18.2 Å². The van der Waals surface area contributed by atoms with Gasteiger partial charge in [0.15, 0.2) is 0 Å². The highest BCUT2D eigenvalue weighted by Crippen LogP contribution is 2.21. The van der Waals surface area contributed by atoms with Crippen LogP contribution in [0.3, 0.4) is 0 Å². The molecule has 0 unspecified atom stereocenters. The van der Waals surface area contributed by atoms with Gasteiger partial charge in [-0.05, 0) is 30.2 Å². The zero-order chi connectivity index (χ0) is 12.1. The molecule has 0 bridgehead atoms. The van der Waals surface area contributed by atoms with Crippen molar-refractivity contribution in [2.24, 2.45) is 0 Å². The van der Waals surface area contributed by atoms with Gasteiger partial charge >= 0.3 is 11.9 Å². The largest absolute Gasteiger partial charge is 0.496 e. The van der Waals surface area contributed by atoms with E-state index in [4.69, 9.17) is 14.9 Å². The average Bonchev–Trinajstić information content (AvgIpc) is 2.25. The van der Waals surface area contributed by atoms with Crippen LogP contribution < -0.4 is 4.74 Å². The molecule has 0 aliphatic heterocycles. The van der Waals surface area contributed by atoms with Gasteiger partial charge in [-0.1, -0.05) is 0 Å². The van der Waals surface area contributed by atoms with E-state index in [9.17, 15) is 9.59 Å². The molecule has 0 aromatic heterocycles. The molecule has 0 fully saturated rings. The lowest BCUT2D eigenvalue weighted by atomic mass is 10.1. The molecule has 16 heavy (non-hydrogen) atoms. The number of methoxy groups -OCH3 is 1. The second-order valence-corrected chi connectivity index (χ2v) is 3.23. The number of hydrogen-bond donors (Lipinski definition) is 2. The van der Waals surface area contributed by atoms with Crippen molar-refractivity contribution in [3.8, 4) is 5.75 Å². The topological polar surface area (TPSA) is 83.8 Å². The number of carboxylic acids is 2. The van der Waals surface area contributed by atoms with Gasteiger partial charge in [-0.2, -0.15) is 0 Å². The fraction of sp³-hybridized carbons (Fsp3) is 0.273. The van der Waals surface area contributed by atoms with Gasteiger partial charge in [0.1, 0.15) is 5.75 Å². The maximum atomic E-state index is 10.7. The molecule has 0 amide bonds. The molecule has 0 radical (unpaired) electrons. The van der Waals surface area contributed by atoms with Crippen LogP contribution in [0, 0.1) is 0 Å². The van der Waals surface area contributed by atoms with Gasteiger partial charge in [0.25, 0.3) is 0 Å². The maximum Gasteiger partial charge on any atom is 0.335 e. The predicted octanol–water partition coefficient (Wildman–Crippen LogP) is 1.41. The van der Waals surface area contributed by atoms with Crippen LogP contribution in [0.25, 0.3) is 0 Å². The SMILES string of the molecule is COc1ccc(C(=O)O)cc1CCC(=O)O. The summed E-state index contributed by atoms with van der Waals surface area (Å²) in [5.74, 6) is -1.46. The van der Waals surface area contributed by atoms with Gasteiger partial charge in [-0.25, -0.2) is 4.79 Å². The van der Waals surface area contributed by atoms with E-state index in [0.717, 1.165) is 0 Å². The number of benzene rings is 1. The van der Waals surface area contributed by atoms with E-state index >= 15 is 0 Å². The molecule has 0 aliphatic carbocycles. The number of carboxylic acid groups (broad SMARTS) is 2. The van der Waals surface area contributed by atoms with E-state index in [2.05, 4.69) is 0 Å². The molecule has 0 heterocycles. The monoisotopic (exact) mass is 224 g/mol. The van der Waals surface area contributed by atoms with Gasteiger partial charge in [0.05, 0.1) is 12.7 Å². The second kappa shape index (κ2) is 5.16. The number of aliphatic carboxylic acids is 1. The van der Waals surface area contributed by atoms with E-state index in [-0.39, 0.29) is 18.4 Å². The predicted molar refractivity (Wildman–Crippen MR) is 55.9 cm³/mol. The van der Waals surface area contributed by atoms with Crippen LogP contribution in [0.2, 0.25) is 0 Å². The Morgan fingerprint density at radius 2 is 2.00 bits per heavy atom. The van der Waals surface area contributed by atoms with Crippen LogP contribution in [-0.2, 0) is 11.2 Å². The van der Waals surface area contributed by atoms with Gasteiger partial charge < -0.3 is 14.9 Å². The van der Waals surface area contributed by atoms with Crippen molar-refractivity contribution in [2.75, 3.05) is 7.11 Å². The average molecular weight is 224 g/mol. The summed E-state index contributed by atoms with van der Waals surface area (Å²) in [6, 6.07) is 4.39. The van der Waals surface area contributed by atoms with Crippen molar-refractivity contribution in [2.45, 2.75) is 12.8 Å². The molecule has 0 aliphatic rings. The summed E-state index contributed by atoms with van der Waals surface area (Å²) >= 11 is 0. The molecule has 1 aromatic rings. The van der Waals surface area contributed by atoms with Crippen molar-refractivity contribution >= 4 is 11.9 Å². The number of rotatable bonds is 5. The van der Waals surface area contributed by atoms with E-state index in [1.54, 1.807) is 0 Å². The molecule has 0 atom stereocenters. The van der Waals surface area contributed by atoms with Crippen molar-refractivity contribution in [1.29, 1.82) is 0 Å². The molecule has 2 N–H and O–H groups in total. The minimum absolute atomic E-state index is 0.0561. The highest BCUT2D eigenvalue weighted by molar-refractivity contribution is 5.88. The first-order chi connectivity index (χ1) is 7.54. The third-order valence-electron chi connectivity index (χ3n) is 2.14. The Morgan fingerprint density at radius 1 is 1.31 bits per heavy atom. The first kappa shape index (κ1) is 12.0. The first-order valence-corrected chi connectivity index (χ1v) is 4.66. The summed E-state index contributed by atoms with van der Waals surface area (Å²) in [6.07, 6.45) is 0.194. The zero-order valence-electron chi connectivity index (χ0n) is 8.77. The van der Waals surface area contributed by atoms with E-state index in [1.807, 2.05) is 0 Å². The number of aromatic carboxylic acids is 1. The van der Waals surface area contributed by atoms with E-state index in [1.165, 1.54) is 25.3 Å². The third kappa shape index (κ3) is 2.98. The quantitative estimate of drug-likeness (QED) is 0.790. The smallest absolute Gasteiger partial charge is 0.335 e. The Bertz CT molecular complexity index is 411. The van der Waals surface area contributed by atoms with Gasteiger partial charge in [0.2, 0.25) is 0 Å². The first-order valence-electron chi connectivity index (χ1n) is 4.66. The van der Waals surface area contributed by atoms with Crippen molar-refractivity contribution in [3.05, 3.63) is 29.3 Å². The third-order valence-corrected chi connectivity index (χ3v) is 2.14. The highest BCUT2D eigenvalue weighted by Gasteiger charge is 2.10. The Labute approximate surface area is 92.3 Å². The number of carbonyl (C=O) groups is 2. The summed E-state index contributed by atoms with van der Waals surface area (Å²) in [4.78, 5) is 21.2. The number of aryl methyl sites for hydroxylation is 1. The van der Waals surface area contributed by atoms with Crippen LogP contribution in [0.4, 0.5) is 0 Å². The van der Waals surface area contributed by atoms with Crippen LogP contribution in [0.1, 0.15) is 22.3 Å². The molecule has 0 saturated heterocycles. The molecule has 0 spiro atoms. The van der Waals surface area contributed by atoms with Crippen molar-refractivity contribution in [3.63, 3.8) is 0 Å². The molecular weight excluding hydrogens is 212 g/mol. The minimum Gasteiger partial charge on any atom is -0.496 e. The summed E-state index contributed by atoms with van der Waals surface area (Å²) in [6.45, 7) is 0. The summed E-state index contributed by atoms with van der Waals surface area (Å²) in [5.41, 5.74) is 0.714. The fourth-order valence-electron chi connectivity index (χ4n) is 1.35. The minimum atomic E-state index is -1.04. The fourth-order valence-corrected chi connectivity index (χ4v) is 1.35. The van der Waals surface area contributed by atoms with E-state index < -0.39 is 11.9 Å². The lowest BCUT2D eigenvalue weighted by molar-refractivity contribution is -0.136. The Hall–Kier alpha value is -2.04. The van der Waals surface area contributed by atoms with Crippen molar-refractivity contribution < 1.29 is 24.5 Å². The van der Waals surface area contributed by atoms with Crippen LogP contribution >= 0.6 is 0 Å². The molecule has 5 heteroatoms. The van der Waals surface area contributed by atoms with E-state index in [0.29, 0.717) is 11.3 Å². The number of ether oxygens (including phenoxy) is 1. The standard InChI is InChI=1S/C11H12O5/c1-16-9-4-2-8(11(14)15)6-7(9)3-5-10(12)13/h2,4,6H,3,5H2,1H3,(H,12,13)(H,14,15). The Morgan fingerprint density at radius 3 is 2.50 bits per heavy atom. The van der Waals surface area contributed by atoms with Crippen LogP contribution in [-0.4, -0.2) is 29.3 Å². The van der Waals surface area contributed by atoms with Gasteiger partial charge in [0, 0.05) is 6.42 Å². The van der Waals surface area contributed by atoms with Crippen LogP contribution in [0.5, 0.6) is 5.75 Å². The lowest BCUT2D eigenvalue weighted by Crippen LogP contribution is -2.02. The summed E-state index contributed by atoms with van der Waals surface area (Å²) in [5, 5.41) is 17.4. The Kier molecular flexibility index (Phi) is 3.88. The maximum absolute atomic E-state index is 10.7. The van der Waals surface area contributed by atoms with Gasteiger partial charge in [-0.3, -0.25) is 4.79 Å². The number of hydrogen-bond acceptors (Lipinski definition) is 3. The highest BCUT2D eigenvalue weighted by atomic mass is 16.5. The molecular formula is C11H12O5. The summed E-state index contributed by atoms with van der Waals surface area (Å²) < 4.78 is 5.03. The summed E-state index contributed by atoms with van der Waals surface area (Å²) in [7, 11) is 1.46. The zero-order valence-corrected chi connectivity index (χ0v) is 8.77. The normalized spacial score (nSPS) is 9.81. The van der Waals surface area contributed by atoms with Gasteiger partial charge in [-0.15, -0.1) is 0 Å².